The van der Waals surface area contributed by atoms with Crippen LogP contribution in [0.25, 0.3) is 0 Å². The fourth-order valence-corrected chi connectivity index (χ4v) is 2.32. The molecule has 0 bridgehead atoms. The minimum atomic E-state index is 0.122. The summed E-state index contributed by atoms with van der Waals surface area (Å²) in [6, 6.07) is 7.44. The number of rotatable bonds is 6. The van der Waals surface area contributed by atoms with Gasteiger partial charge in [0, 0.05) is 18.6 Å². The lowest BCUT2D eigenvalue weighted by molar-refractivity contribution is 0.0859. The molecule has 0 saturated carbocycles. The maximum atomic E-state index is 12.1. The zero-order valence-corrected chi connectivity index (χ0v) is 11.7. The summed E-state index contributed by atoms with van der Waals surface area (Å²) >= 11 is 0. The van der Waals surface area contributed by atoms with Crippen molar-refractivity contribution >= 4 is 5.78 Å². The van der Waals surface area contributed by atoms with E-state index in [1.807, 2.05) is 38.1 Å². The molecule has 0 radical (unpaired) electrons. The zero-order chi connectivity index (χ0) is 13.7. The first kappa shape index (κ1) is 14.1. The molecule has 1 heterocycles. The molecule has 0 amide bonds. The Labute approximate surface area is 114 Å². The normalized spacial score (nSPS) is 18.8. The number of ether oxygens (including phenoxy) is 2. The van der Waals surface area contributed by atoms with Gasteiger partial charge in [-0.3, -0.25) is 4.79 Å². The van der Waals surface area contributed by atoms with Crippen LogP contribution in [0.1, 0.15) is 49.9 Å². The third-order valence-corrected chi connectivity index (χ3v) is 3.25. The molecule has 1 aromatic carbocycles. The predicted molar refractivity (Wildman–Crippen MR) is 74.7 cm³/mol. The van der Waals surface area contributed by atoms with Crippen LogP contribution in [0.3, 0.4) is 0 Å². The third kappa shape index (κ3) is 4.35. The van der Waals surface area contributed by atoms with Crippen LogP contribution >= 0.6 is 0 Å². The van der Waals surface area contributed by atoms with E-state index in [2.05, 4.69) is 0 Å². The minimum Gasteiger partial charge on any atom is -0.491 e. The van der Waals surface area contributed by atoms with Gasteiger partial charge in [0.2, 0.25) is 0 Å². The molecule has 1 unspecified atom stereocenters. The standard InChI is InChI=1S/C16H22O3/c1-12(2)19-15-6-3-5-13(11-15)16(17)9-8-14-7-4-10-18-14/h3,5-6,11-12,14H,4,7-10H2,1-2H3. The Balaban J connectivity index is 1.90. The molecule has 3 nitrogen and oxygen atoms in total. The van der Waals surface area contributed by atoms with E-state index in [0.717, 1.165) is 37.2 Å². The van der Waals surface area contributed by atoms with E-state index in [-0.39, 0.29) is 18.0 Å². The Hall–Kier alpha value is -1.35. The van der Waals surface area contributed by atoms with E-state index in [1.54, 1.807) is 0 Å². The van der Waals surface area contributed by atoms with Gasteiger partial charge in [-0.2, -0.15) is 0 Å². The Kier molecular flexibility index (Phi) is 4.97. The van der Waals surface area contributed by atoms with Crippen molar-refractivity contribution in [3.05, 3.63) is 29.8 Å². The Bertz CT molecular complexity index is 420. The maximum Gasteiger partial charge on any atom is 0.163 e. The van der Waals surface area contributed by atoms with Gasteiger partial charge in [0.1, 0.15) is 5.75 Å². The molecule has 2 rings (SSSR count). The van der Waals surface area contributed by atoms with Crippen molar-refractivity contribution in [2.75, 3.05) is 6.61 Å². The maximum absolute atomic E-state index is 12.1. The number of benzene rings is 1. The van der Waals surface area contributed by atoms with Crippen molar-refractivity contribution in [3.8, 4) is 5.75 Å². The number of hydrogen-bond donors (Lipinski definition) is 0. The summed E-state index contributed by atoms with van der Waals surface area (Å²) in [5, 5.41) is 0. The van der Waals surface area contributed by atoms with Crippen molar-refractivity contribution in [1.82, 2.24) is 0 Å². The number of Topliss-reactive ketones (excluding diaryl/α,β-unsaturated/α-hetero) is 1. The van der Waals surface area contributed by atoms with Gasteiger partial charge in [0.15, 0.2) is 5.78 Å². The lowest BCUT2D eigenvalue weighted by Crippen LogP contribution is -2.09. The first-order chi connectivity index (χ1) is 9.15. The number of carbonyl (C=O) groups excluding carboxylic acids is 1. The molecular weight excluding hydrogens is 240 g/mol. The van der Waals surface area contributed by atoms with Crippen molar-refractivity contribution < 1.29 is 14.3 Å². The van der Waals surface area contributed by atoms with Crippen LogP contribution in [-0.2, 0) is 4.74 Å². The molecule has 0 aromatic heterocycles. The van der Waals surface area contributed by atoms with Crippen molar-refractivity contribution in [3.63, 3.8) is 0 Å². The molecule has 19 heavy (non-hydrogen) atoms. The fraction of sp³-hybridized carbons (Fsp3) is 0.562. The molecule has 1 saturated heterocycles. The van der Waals surface area contributed by atoms with Crippen molar-refractivity contribution in [2.24, 2.45) is 0 Å². The largest absolute Gasteiger partial charge is 0.491 e. The fourth-order valence-electron chi connectivity index (χ4n) is 2.32. The molecule has 1 atom stereocenters. The van der Waals surface area contributed by atoms with Gasteiger partial charge >= 0.3 is 0 Å². The summed E-state index contributed by atoms with van der Waals surface area (Å²) in [6.07, 6.45) is 3.99. The summed E-state index contributed by atoms with van der Waals surface area (Å²) < 4.78 is 11.1. The number of carbonyl (C=O) groups is 1. The van der Waals surface area contributed by atoms with E-state index in [1.165, 1.54) is 0 Å². The van der Waals surface area contributed by atoms with Crippen LogP contribution in [0.5, 0.6) is 5.75 Å². The summed E-state index contributed by atoms with van der Waals surface area (Å²) in [5.74, 6) is 0.933. The highest BCUT2D eigenvalue weighted by atomic mass is 16.5. The predicted octanol–water partition coefficient (Wildman–Crippen LogP) is 3.62. The van der Waals surface area contributed by atoms with Crippen LogP contribution in [0, 0.1) is 0 Å². The van der Waals surface area contributed by atoms with E-state index in [9.17, 15) is 4.79 Å². The minimum absolute atomic E-state index is 0.122. The van der Waals surface area contributed by atoms with Gasteiger partial charge in [0.25, 0.3) is 0 Å². The first-order valence-corrected chi connectivity index (χ1v) is 7.06. The number of ketones is 1. The molecule has 1 fully saturated rings. The molecule has 1 aliphatic heterocycles. The number of hydrogen-bond acceptors (Lipinski definition) is 3. The van der Waals surface area contributed by atoms with Crippen molar-refractivity contribution in [2.45, 2.75) is 51.7 Å². The summed E-state index contributed by atoms with van der Waals surface area (Å²) in [5.41, 5.74) is 0.733. The molecule has 0 N–H and O–H groups in total. The molecular formula is C16H22O3. The van der Waals surface area contributed by atoms with Crippen LogP contribution in [0.15, 0.2) is 24.3 Å². The van der Waals surface area contributed by atoms with Gasteiger partial charge in [-0.05, 0) is 45.2 Å². The van der Waals surface area contributed by atoms with Gasteiger partial charge in [-0.1, -0.05) is 12.1 Å². The molecule has 0 aliphatic carbocycles. The van der Waals surface area contributed by atoms with Gasteiger partial charge in [-0.25, -0.2) is 0 Å². The molecule has 1 aromatic rings. The van der Waals surface area contributed by atoms with E-state index >= 15 is 0 Å². The smallest absolute Gasteiger partial charge is 0.163 e. The second-order valence-corrected chi connectivity index (χ2v) is 5.29. The Morgan fingerprint density at radius 1 is 1.47 bits per heavy atom. The summed E-state index contributed by atoms with van der Waals surface area (Å²) in [6.45, 7) is 4.80. The highest BCUT2D eigenvalue weighted by molar-refractivity contribution is 5.96. The monoisotopic (exact) mass is 262 g/mol. The highest BCUT2D eigenvalue weighted by Crippen LogP contribution is 2.20. The zero-order valence-electron chi connectivity index (χ0n) is 11.7. The van der Waals surface area contributed by atoms with Gasteiger partial charge in [-0.15, -0.1) is 0 Å². The van der Waals surface area contributed by atoms with E-state index < -0.39 is 0 Å². The van der Waals surface area contributed by atoms with Gasteiger partial charge < -0.3 is 9.47 Å². The topological polar surface area (TPSA) is 35.5 Å². The third-order valence-electron chi connectivity index (χ3n) is 3.25. The Morgan fingerprint density at radius 3 is 3.00 bits per heavy atom. The van der Waals surface area contributed by atoms with Crippen LogP contribution in [0.2, 0.25) is 0 Å². The van der Waals surface area contributed by atoms with Gasteiger partial charge in [0.05, 0.1) is 12.2 Å². The molecule has 0 spiro atoms. The lowest BCUT2D eigenvalue weighted by atomic mass is 10.0. The second-order valence-electron chi connectivity index (χ2n) is 5.29. The molecule has 104 valence electrons. The average molecular weight is 262 g/mol. The average Bonchev–Trinajstić information content (AvgIpc) is 2.88. The Morgan fingerprint density at radius 2 is 2.32 bits per heavy atom. The SMILES string of the molecule is CC(C)Oc1cccc(C(=O)CCC2CCCO2)c1. The van der Waals surface area contributed by atoms with Crippen LogP contribution < -0.4 is 4.74 Å². The lowest BCUT2D eigenvalue weighted by Gasteiger charge is -2.11. The summed E-state index contributed by atoms with van der Waals surface area (Å²) in [4.78, 5) is 12.1. The van der Waals surface area contributed by atoms with Crippen LogP contribution in [0.4, 0.5) is 0 Å². The quantitative estimate of drug-likeness (QED) is 0.735. The van der Waals surface area contributed by atoms with E-state index in [0.29, 0.717) is 6.42 Å². The summed E-state index contributed by atoms with van der Waals surface area (Å²) in [7, 11) is 0. The first-order valence-electron chi connectivity index (χ1n) is 7.06. The molecule has 1 aliphatic rings. The van der Waals surface area contributed by atoms with E-state index in [4.69, 9.17) is 9.47 Å². The second kappa shape index (κ2) is 6.71. The van der Waals surface area contributed by atoms with Crippen LogP contribution in [-0.4, -0.2) is 24.6 Å². The van der Waals surface area contributed by atoms with Crippen molar-refractivity contribution in [1.29, 1.82) is 0 Å². The highest BCUT2D eigenvalue weighted by Gasteiger charge is 2.17. The molecule has 3 heteroatoms.